The standard InChI is InChI=1S/C17H18ClNO5S/c1-2-19-25(21,22)16-9-3-13(4-10-16)17(20)24-12-11-23-15-7-5-14(18)6-8-15/h3-10,19H,2,11-12H2,1H3. The van der Waals surface area contributed by atoms with Gasteiger partial charge in [-0.1, -0.05) is 18.5 Å². The molecule has 25 heavy (non-hydrogen) atoms. The van der Waals surface area contributed by atoms with E-state index in [0.717, 1.165) is 0 Å². The number of halogens is 1. The van der Waals surface area contributed by atoms with E-state index in [1.54, 1.807) is 31.2 Å². The van der Waals surface area contributed by atoms with Crippen LogP contribution in [0.3, 0.4) is 0 Å². The van der Waals surface area contributed by atoms with Gasteiger partial charge in [-0.05, 0) is 48.5 Å². The lowest BCUT2D eigenvalue weighted by Crippen LogP contribution is -2.23. The van der Waals surface area contributed by atoms with Crippen LogP contribution in [-0.2, 0) is 14.8 Å². The Morgan fingerprint density at radius 1 is 1.04 bits per heavy atom. The summed E-state index contributed by atoms with van der Waals surface area (Å²) >= 11 is 5.77. The molecule has 2 aromatic carbocycles. The summed E-state index contributed by atoms with van der Waals surface area (Å²) in [7, 11) is -3.54. The molecule has 0 heterocycles. The lowest BCUT2D eigenvalue weighted by Gasteiger charge is -2.08. The van der Waals surface area contributed by atoms with Gasteiger partial charge in [0, 0.05) is 11.6 Å². The molecule has 0 unspecified atom stereocenters. The number of ether oxygens (including phenoxy) is 2. The van der Waals surface area contributed by atoms with Crippen LogP contribution in [0.15, 0.2) is 53.4 Å². The van der Waals surface area contributed by atoms with Gasteiger partial charge in [0.1, 0.15) is 19.0 Å². The molecule has 8 heteroatoms. The molecule has 0 bridgehead atoms. The van der Waals surface area contributed by atoms with Crippen molar-refractivity contribution in [3.8, 4) is 5.75 Å². The first-order valence-corrected chi connectivity index (χ1v) is 9.43. The minimum Gasteiger partial charge on any atom is -0.490 e. The van der Waals surface area contributed by atoms with Crippen LogP contribution in [0.1, 0.15) is 17.3 Å². The summed E-state index contributed by atoms with van der Waals surface area (Å²) in [5, 5.41) is 0.610. The summed E-state index contributed by atoms with van der Waals surface area (Å²) in [6.45, 7) is 2.24. The monoisotopic (exact) mass is 383 g/mol. The van der Waals surface area contributed by atoms with Gasteiger partial charge in [0.05, 0.1) is 10.5 Å². The van der Waals surface area contributed by atoms with Gasteiger partial charge in [0.2, 0.25) is 10.0 Å². The smallest absolute Gasteiger partial charge is 0.338 e. The maximum atomic E-state index is 11.9. The second kappa shape index (κ2) is 8.84. The number of benzene rings is 2. The minimum absolute atomic E-state index is 0.0684. The molecule has 0 spiro atoms. The van der Waals surface area contributed by atoms with Gasteiger partial charge in [0.25, 0.3) is 0 Å². The lowest BCUT2D eigenvalue weighted by atomic mass is 10.2. The van der Waals surface area contributed by atoms with Crippen molar-refractivity contribution in [2.45, 2.75) is 11.8 Å². The van der Waals surface area contributed by atoms with E-state index in [1.807, 2.05) is 0 Å². The molecule has 0 saturated carbocycles. The van der Waals surface area contributed by atoms with E-state index in [9.17, 15) is 13.2 Å². The number of esters is 1. The first-order valence-electron chi connectivity index (χ1n) is 7.57. The quantitative estimate of drug-likeness (QED) is 0.560. The van der Waals surface area contributed by atoms with Crippen LogP contribution in [0.4, 0.5) is 0 Å². The molecule has 0 aromatic heterocycles. The molecular formula is C17H18ClNO5S. The fourth-order valence-corrected chi connectivity index (χ4v) is 3.12. The molecule has 0 radical (unpaired) electrons. The fourth-order valence-electron chi connectivity index (χ4n) is 1.95. The van der Waals surface area contributed by atoms with Gasteiger partial charge in [0.15, 0.2) is 0 Å². The Morgan fingerprint density at radius 3 is 2.28 bits per heavy atom. The molecule has 0 aliphatic heterocycles. The van der Waals surface area contributed by atoms with Crippen LogP contribution in [0.5, 0.6) is 5.75 Å². The van der Waals surface area contributed by atoms with Crippen LogP contribution in [0.2, 0.25) is 5.02 Å². The predicted octanol–water partition coefficient (Wildman–Crippen LogP) is 2.87. The van der Waals surface area contributed by atoms with Gasteiger partial charge in [-0.2, -0.15) is 0 Å². The summed E-state index contributed by atoms with van der Waals surface area (Å²) in [5.74, 6) is 0.0746. The summed E-state index contributed by atoms with van der Waals surface area (Å²) in [5.41, 5.74) is 0.266. The Labute approximate surface area is 151 Å². The number of carbonyl (C=O) groups excluding carboxylic acids is 1. The molecule has 0 aliphatic carbocycles. The lowest BCUT2D eigenvalue weighted by molar-refractivity contribution is 0.0450. The average Bonchev–Trinajstić information content (AvgIpc) is 2.60. The summed E-state index contributed by atoms with van der Waals surface area (Å²) in [6, 6.07) is 12.4. The highest BCUT2D eigenvalue weighted by atomic mass is 35.5. The van der Waals surface area contributed by atoms with Crippen LogP contribution < -0.4 is 9.46 Å². The zero-order valence-electron chi connectivity index (χ0n) is 13.6. The number of carbonyl (C=O) groups is 1. The maximum absolute atomic E-state index is 11.9. The van der Waals surface area contributed by atoms with Gasteiger partial charge >= 0.3 is 5.97 Å². The number of hydrogen-bond acceptors (Lipinski definition) is 5. The average molecular weight is 384 g/mol. The van der Waals surface area contributed by atoms with Crippen molar-refractivity contribution in [1.29, 1.82) is 0 Å². The largest absolute Gasteiger partial charge is 0.490 e. The van der Waals surface area contributed by atoms with Crippen molar-refractivity contribution in [1.82, 2.24) is 4.72 Å². The highest BCUT2D eigenvalue weighted by Crippen LogP contribution is 2.15. The second-order valence-electron chi connectivity index (χ2n) is 4.96. The van der Waals surface area contributed by atoms with E-state index >= 15 is 0 Å². The Bertz CT molecular complexity index is 804. The molecule has 0 fully saturated rings. The molecular weight excluding hydrogens is 366 g/mol. The third kappa shape index (κ3) is 5.74. The van der Waals surface area contributed by atoms with Gasteiger partial charge in [-0.15, -0.1) is 0 Å². The molecule has 0 saturated heterocycles. The van der Waals surface area contributed by atoms with E-state index in [0.29, 0.717) is 17.3 Å². The third-order valence-electron chi connectivity index (χ3n) is 3.13. The van der Waals surface area contributed by atoms with Crippen molar-refractivity contribution in [2.24, 2.45) is 0 Å². The first kappa shape index (κ1) is 19.2. The molecule has 0 amide bonds. The van der Waals surface area contributed by atoms with Crippen molar-refractivity contribution < 1.29 is 22.7 Å². The van der Waals surface area contributed by atoms with Crippen LogP contribution >= 0.6 is 11.6 Å². The van der Waals surface area contributed by atoms with E-state index in [4.69, 9.17) is 21.1 Å². The number of rotatable bonds is 8. The second-order valence-corrected chi connectivity index (χ2v) is 7.17. The van der Waals surface area contributed by atoms with Crippen LogP contribution in [-0.4, -0.2) is 34.1 Å². The van der Waals surface area contributed by atoms with Crippen LogP contribution in [0.25, 0.3) is 0 Å². The SMILES string of the molecule is CCNS(=O)(=O)c1ccc(C(=O)OCCOc2ccc(Cl)cc2)cc1. The normalized spacial score (nSPS) is 11.1. The zero-order valence-corrected chi connectivity index (χ0v) is 15.1. The zero-order chi connectivity index (χ0) is 18.3. The van der Waals surface area contributed by atoms with Crippen molar-refractivity contribution >= 4 is 27.6 Å². The Balaban J connectivity index is 1.83. The Kier molecular flexibility index (Phi) is 6.81. The van der Waals surface area contributed by atoms with Crippen molar-refractivity contribution in [2.75, 3.05) is 19.8 Å². The minimum atomic E-state index is -3.54. The number of hydrogen-bond donors (Lipinski definition) is 1. The number of nitrogens with one attached hydrogen (secondary N) is 1. The molecule has 134 valence electrons. The van der Waals surface area contributed by atoms with E-state index in [1.165, 1.54) is 24.3 Å². The van der Waals surface area contributed by atoms with E-state index in [2.05, 4.69) is 4.72 Å². The molecule has 2 aromatic rings. The van der Waals surface area contributed by atoms with E-state index in [-0.39, 0.29) is 23.7 Å². The van der Waals surface area contributed by atoms with Gasteiger partial charge in [-0.25, -0.2) is 17.9 Å². The van der Waals surface area contributed by atoms with E-state index < -0.39 is 16.0 Å². The van der Waals surface area contributed by atoms with Crippen molar-refractivity contribution in [3.63, 3.8) is 0 Å². The maximum Gasteiger partial charge on any atom is 0.338 e. The third-order valence-corrected chi connectivity index (χ3v) is 4.95. The summed E-state index contributed by atoms with van der Waals surface area (Å²) in [4.78, 5) is 12.0. The molecule has 6 nitrogen and oxygen atoms in total. The highest BCUT2D eigenvalue weighted by molar-refractivity contribution is 7.89. The highest BCUT2D eigenvalue weighted by Gasteiger charge is 2.14. The molecule has 1 N–H and O–H groups in total. The Morgan fingerprint density at radius 2 is 1.68 bits per heavy atom. The molecule has 0 aliphatic rings. The van der Waals surface area contributed by atoms with Crippen LogP contribution in [0, 0.1) is 0 Å². The van der Waals surface area contributed by atoms with Crippen molar-refractivity contribution in [3.05, 3.63) is 59.1 Å². The fraction of sp³-hybridized carbons (Fsp3) is 0.235. The van der Waals surface area contributed by atoms with Gasteiger partial charge < -0.3 is 9.47 Å². The molecule has 2 rings (SSSR count). The Hall–Kier alpha value is -2.09. The van der Waals surface area contributed by atoms with Gasteiger partial charge in [-0.3, -0.25) is 0 Å². The summed E-state index contributed by atoms with van der Waals surface area (Å²) < 4.78 is 36.5. The first-order chi connectivity index (χ1) is 11.9. The predicted molar refractivity (Wildman–Crippen MR) is 94.5 cm³/mol. The topological polar surface area (TPSA) is 81.7 Å². The summed E-state index contributed by atoms with van der Waals surface area (Å²) in [6.07, 6.45) is 0. The molecule has 0 atom stereocenters. The number of sulfonamides is 1.